The Hall–Kier alpha value is -2.37. The van der Waals surface area contributed by atoms with Crippen LogP contribution in [-0.4, -0.2) is 42.1 Å². The number of ether oxygens (including phenoxy) is 1. The van der Waals surface area contributed by atoms with Gasteiger partial charge in [-0.05, 0) is 31.9 Å². The van der Waals surface area contributed by atoms with Crippen molar-refractivity contribution in [2.24, 2.45) is 0 Å². The highest BCUT2D eigenvalue weighted by Crippen LogP contribution is 2.25. The summed E-state index contributed by atoms with van der Waals surface area (Å²) in [5.41, 5.74) is 1.87. The average Bonchev–Trinajstić information content (AvgIpc) is 2.54. The molecule has 1 aliphatic heterocycles. The molecule has 1 saturated heterocycles. The molecule has 3 rings (SSSR count). The van der Waals surface area contributed by atoms with Gasteiger partial charge in [0, 0.05) is 37.5 Å². The van der Waals surface area contributed by atoms with Crippen molar-refractivity contribution in [2.75, 3.05) is 25.1 Å². The first kappa shape index (κ1) is 15.5. The molecule has 0 aliphatic carbocycles. The van der Waals surface area contributed by atoms with Crippen LogP contribution < -0.4 is 15.0 Å². The summed E-state index contributed by atoms with van der Waals surface area (Å²) < 4.78 is 5.28. The minimum atomic E-state index is 0.0355. The lowest BCUT2D eigenvalue weighted by molar-refractivity contribution is -0.119. The molecule has 6 nitrogen and oxygen atoms in total. The van der Waals surface area contributed by atoms with Crippen molar-refractivity contribution in [2.45, 2.75) is 32.7 Å². The van der Waals surface area contributed by atoms with Crippen LogP contribution >= 0.6 is 0 Å². The first-order chi connectivity index (χ1) is 11.1. The van der Waals surface area contributed by atoms with Crippen LogP contribution in [0.2, 0.25) is 0 Å². The largest absolute Gasteiger partial charge is 0.497 e. The van der Waals surface area contributed by atoms with Crippen molar-refractivity contribution >= 4 is 22.8 Å². The van der Waals surface area contributed by atoms with E-state index in [1.165, 1.54) is 0 Å². The van der Waals surface area contributed by atoms with Gasteiger partial charge in [0.15, 0.2) is 0 Å². The quantitative estimate of drug-likeness (QED) is 0.939. The fraction of sp³-hybridized carbons (Fsp3) is 0.471. The van der Waals surface area contributed by atoms with Crippen molar-refractivity contribution < 1.29 is 9.53 Å². The molecule has 1 N–H and O–H groups in total. The maximum absolute atomic E-state index is 11.2. The Morgan fingerprint density at radius 2 is 2.04 bits per heavy atom. The zero-order chi connectivity index (χ0) is 16.4. The number of rotatable bonds is 3. The summed E-state index contributed by atoms with van der Waals surface area (Å²) in [7, 11) is 1.66. The standard InChI is InChI=1S/C17H22N4O2/c1-11-15-5-4-14(23-3)10-16(15)20-17(18-11)21-8-6-13(7-9-21)19-12(2)22/h4-5,10,13H,6-9H2,1-3H3,(H,19,22). The summed E-state index contributed by atoms with van der Waals surface area (Å²) in [6.07, 6.45) is 1.83. The van der Waals surface area contributed by atoms with Gasteiger partial charge >= 0.3 is 0 Å². The number of amides is 1. The minimum Gasteiger partial charge on any atom is -0.497 e. The molecule has 1 aromatic carbocycles. The number of carbonyl (C=O) groups excluding carboxylic acids is 1. The number of methoxy groups -OCH3 is 1. The van der Waals surface area contributed by atoms with Crippen LogP contribution in [0.4, 0.5) is 5.95 Å². The Morgan fingerprint density at radius 3 is 2.70 bits per heavy atom. The van der Waals surface area contributed by atoms with E-state index in [4.69, 9.17) is 9.72 Å². The maximum atomic E-state index is 11.2. The number of nitrogens with zero attached hydrogens (tertiary/aromatic N) is 3. The Morgan fingerprint density at radius 1 is 1.30 bits per heavy atom. The minimum absolute atomic E-state index is 0.0355. The lowest BCUT2D eigenvalue weighted by Crippen LogP contribution is -2.44. The van der Waals surface area contributed by atoms with Gasteiger partial charge in [-0.1, -0.05) is 0 Å². The molecule has 1 aromatic heterocycles. The molecular weight excluding hydrogens is 292 g/mol. The van der Waals surface area contributed by atoms with Crippen LogP contribution in [0.15, 0.2) is 18.2 Å². The van der Waals surface area contributed by atoms with Gasteiger partial charge in [-0.2, -0.15) is 0 Å². The molecule has 0 saturated carbocycles. The van der Waals surface area contributed by atoms with Crippen molar-refractivity contribution in [3.8, 4) is 5.75 Å². The summed E-state index contributed by atoms with van der Waals surface area (Å²) in [6.45, 7) is 5.26. The Kier molecular flexibility index (Phi) is 4.32. The van der Waals surface area contributed by atoms with E-state index in [0.717, 1.165) is 54.2 Å². The second-order valence-electron chi connectivity index (χ2n) is 5.95. The molecule has 0 atom stereocenters. The zero-order valence-corrected chi connectivity index (χ0v) is 13.8. The molecule has 1 amide bonds. The number of aryl methyl sites for hydroxylation is 1. The number of hydrogen-bond donors (Lipinski definition) is 1. The highest BCUT2D eigenvalue weighted by molar-refractivity contribution is 5.83. The topological polar surface area (TPSA) is 67.3 Å². The maximum Gasteiger partial charge on any atom is 0.226 e. The number of aromatic nitrogens is 2. The van der Waals surface area contributed by atoms with E-state index in [2.05, 4.69) is 15.2 Å². The molecule has 6 heteroatoms. The highest BCUT2D eigenvalue weighted by atomic mass is 16.5. The van der Waals surface area contributed by atoms with E-state index >= 15 is 0 Å². The molecule has 0 spiro atoms. The lowest BCUT2D eigenvalue weighted by atomic mass is 10.1. The third-order valence-electron chi connectivity index (χ3n) is 4.27. The summed E-state index contributed by atoms with van der Waals surface area (Å²) >= 11 is 0. The molecule has 0 bridgehead atoms. The highest BCUT2D eigenvalue weighted by Gasteiger charge is 2.22. The Balaban J connectivity index is 1.82. The van der Waals surface area contributed by atoms with Gasteiger partial charge in [-0.25, -0.2) is 9.97 Å². The fourth-order valence-electron chi connectivity index (χ4n) is 3.03. The molecular formula is C17H22N4O2. The predicted molar refractivity (Wildman–Crippen MR) is 89.9 cm³/mol. The van der Waals surface area contributed by atoms with Gasteiger partial charge in [0.2, 0.25) is 11.9 Å². The summed E-state index contributed by atoms with van der Waals surface area (Å²) in [5, 5.41) is 4.03. The van der Waals surface area contributed by atoms with Gasteiger partial charge in [-0.15, -0.1) is 0 Å². The Labute approximate surface area is 135 Å². The van der Waals surface area contributed by atoms with Crippen LogP contribution in [-0.2, 0) is 4.79 Å². The van der Waals surface area contributed by atoms with E-state index in [1.807, 2.05) is 25.1 Å². The molecule has 1 aliphatic rings. The van der Waals surface area contributed by atoms with Crippen LogP contribution in [0.3, 0.4) is 0 Å². The van der Waals surface area contributed by atoms with Crippen molar-refractivity contribution in [1.82, 2.24) is 15.3 Å². The second-order valence-corrected chi connectivity index (χ2v) is 5.95. The number of hydrogen-bond acceptors (Lipinski definition) is 5. The fourth-order valence-corrected chi connectivity index (χ4v) is 3.03. The van der Waals surface area contributed by atoms with Crippen molar-refractivity contribution in [3.05, 3.63) is 23.9 Å². The van der Waals surface area contributed by atoms with Gasteiger partial charge in [0.25, 0.3) is 0 Å². The predicted octanol–water partition coefficient (Wildman–Crippen LogP) is 2.05. The second kappa shape index (κ2) is 6.40. The monoisotopic (exact) mass is 314 g/mol. The van der Waals surface area contributed by atoms with E-state index in [9.17, 15) is 4.79 Å². The van der Waals surface area contributed by atoms with Gasteiger partial charge in [-0.3, -0.25) is 4.79 Å². The molecule has 0 radical (unpaired) electrons. The van der Waals surface area contributed by atoms with Crippen molar-refractivity contribution in [3.63, 3.8) is 0 Å². The van der Waals surface area contributed by atoms with Crippen LogP contribution in [0, 0.1) is 6.92 Å². The van der Waals surface area contributed by atoms with Crippen LogP contribution in [0.25, 0.3) is 10.9 Å². The third-order valence-corrected chi connectivity index (χ3v) is 4.27. The molecule has 1 fully saturated rings. The number of fused-ring (bicyclic) bond motifs is 1. The third kappa shape index (κ3) is 3.36. The van der Waals surface area contributed by atoms with E-state index < -0.39 is 0 Å². The first-order valence-corrected chi connectivity index (χ1v) is 7.91. The number of anilines is 1. The SMILES string of the molecule is COc1ccc2c(C)nc(N3CCC(NC(C)=O)CC3)nc2c1. The molecule has 23 heavy (non-hydrogen) atoms. The Bertz CT molecular complexity index is 724. The van der Waals surface area contributed by atoms with E-state index in [0.29, 0.717) is 0 Å². The smallest absolute Gasteiger partial charge is 0.226 e. The van der Waals surface area contributed by atoms with Crippen LogP contribution in [0.1, 0.15) is 25.5 Å². The van der Waals surface area contributed by atoms with E-state index in [-0.39, 0.29) is 11.9 Å². The average molecular weight is 314 g/mol. The van der Waals surface area contributed by atoms with Gasteiger partial charge < -0.3 is 15.0 Å². The summed E-state index contributed by atoms with van der Waals surface area (Å²) in [5.74, 6) is 1.59. The first-order valence-electron chi connectivity index (χ1n) is 7.91. The van der Waals surface area contributed by atoms with E-state index in [1.54, 1.807) is 14.0 Å². The van der Waals surface area contributed by atoms with Crippen molar-refractivity contribution in [1.29, 1.82) is 0 Å². The summed E-state index contributed by atoms with van der Waals surface area (Å²) in [6, 6.07) is 6.12. The number of piperidine rings is 1. The van der Waals surface area contributed by atoms with Gasteiger partial charge in [0.05, 0.1) is 18.3 Å². The number of benzene rings is 1. The van der Waals surface area contributed by atoms with Crippen LogP contribution in [0.5, 0.6) is 5.75 Å². The molecule has 2 aromatic rings. The normalized spacial score (nSPS) is 15.7. The number of carbonyl (C=O) groups is 1. The molecule has 2 heterocycles. The zero-order valence-electron chi connectivity index (χ0n) is 13.8. The summed E-state index contributed by atoms with van der Waals surface area (Å²) in [4.78, 5) is 22.7. The molecule has 0 unspecified atom stereocenters. The number of nitrogens with one attached hydrogen (secondary N) is 1. The lowest BCUT2D eigenvalue weighted by Gasteiger charge is -2.32. The molecule has 122 valence electrons. The van der Waals surface area contributed by atoms with Gasteiger partial charge in [0.1, 0.15) is 5.75 Å².